The largest absolute Gasteiger partial charge is 0.491 e. The number of rotatable bonds is 11. The van der Waals surface area contributed by atoms with Gasteiger partial charge in [0.2, 0.25) is 0 Å². The standard InChI is InChI=1S/C27H35ClN4O4/c1-15-24(10-18-8-19(9-18)13-34-5)30-27(31-26(15)25-16(2)32-36-17(25)3)22-11-21(6-7-23(22)28)35-14-20(33)12-29-4/h6-7,11,18-20,29,33H,8-10,12-14H2,1-5H3/t18?,19?,20-/m1/s1. The lowest BCUT2D eigenvalue weighted by atomic mass is 9.73. The van der Waals surface area contributed by atoms with Crippen LogP contribution in [0.4, 0.5) is 0 Å². The molecule has 0 aliphatic heterocycles. The molecule has 0 spiro atoms. The summed E-state index contributed by atoms with van der Waals surface area (Å²) in [5, 5.41) is 17.6. The third kappa shape index (κ3) is 5.89. The van der Waals surface area contributed by atoms with Crippen molar-refractivity contribution in [1.82, 2.24) is 20.4 Å². The summed E-state index contributed by atoms with van der Waals surface area (Å²) in [6.45, 7) is 7.30. The molecule has 1 aliphatic carbocycles. The lowest BCUT2D eigenvalue weighted by molar-refractivity contribution is 0.0733. The van der Waals surface area contributed by atoms with Gasteiger partial charge < -0.3 is 24.4 Å². The number of ether oxygens (including phenoxy) is 2. The van der Waals surface area contributed by atoms with Crippen LogP contribution in [0.25, 0.3) is 22.6 Å². The number of hydrogen-bond acceptors (Lipinski definition) is 8. The molecule has 2 heterocycles. The highest BCUT2D eigenvalue weighted by Crippen LogP contribution is 2.39. The summed E-state index contributed by atoms with van der Waals surface area (Å²) in [5.41, 5.74) is 5.20. The van der Waals surface area contributed by atoms with Crippen molar-refractivity contribution >= 4 is 11.6 Å². The number of nitrogens with zero attached hydrogens (tertiary/aromatic N) is 3. The van der Waals surface area contributed by atoms with Gasteiger partial charge in [0.25, 0.3) is 0 Å². The van der Waals surface area contributed by atoms with E-state index < -0.39 is 6.10 Å². The molecule has 1 saturated carbocycles. The van der Waals surface area contributed by atoms with Crippen LogP contribution in [0.15, 0.2) is 22.7 Å². The van der Waals surface area contributed by atoms with Gasteiger partial charge in [-0.05, 0) is 82.7 Å². The van der Waals surface area contributed by atoms with Crippen LogP contribution in [0.1, 0.15) is 35.6 Å². The first kappa shape index (κ1) is 26.5. The van der Waals surface area contributed by atoms with E-state index in [1.165, 1.54) is 0 Å². The summed E-state index contributed by atoms with van der Waals surface area (Å²) >= 11 is 6.63. The molecule has 0 bridgehead atoms. The molecule has 9 heteroatoms. The minimum atomic E-state index is -0.619. The van der Waals surface area contributed by atoms with Gasteiger partial charge in [0.05, 0.1) is 22.0 Å². The van der Waals surface area contributed by atoms with Gasteiger partial charge in [0.15, 0.2) is 5.82 Å². The van der Waals surface area contributed by atoms with Crippen molar-refractivity contribution in [2.24, 2.45) is 11.8 Å². The van der Waals surface area contributed by atoms with Crippen LogP contribution in [0.3, 0.4) is 0 Å². The van der Waals surface area contributed by atoms with Crippen molar-refractivity contribution in [3.05, 3.63) is 45.9 Å². The second-order valence-electron chi connectivity index (χ2n) is 9.69. The first-order valence-electron chi connectivity index (χ1n) is 12.4. The molecule has 194 valence electrons. The fourth-order valence-corrected chi connectivity index (χ4v) is 5.09. The minimum Gasteiger partial charge on any atom is -0.491 e. The summed E-state index contributed by atoms with van der Waals surface area (Å²) < 4.78 is 16.6. The molecule has 2 aromatic heterocycles. The van der Waals surface area contributed by atoms with Gasteiger partial charge in [-0.25, -0.2) is 9.97 Å². The van der Waals surface area contributed by atoms with Gasteiger partial charge in [0.1, 0.15) is 24.2 Å². The van der Waals surface area contributed by atoms with Gasteiger partial charge in [-0.1, -0.05) is 16.8 Å². The van der Waals surface area contributed by atoms with E-state index in [1.807, 2.05) is 19.9 Å². The third-order valence-corrected chi connectivity index (χ3v) is 7.12. The van der Waals surface area contributed by atoms with Crippen LogP contribution in [-0.2, 0) is 11.2 Å². The number of aromatic nitrogens is 3. The Balaban J connectivity index is 1.71. The van der Waals surface area contributed by atoms with Crippen LogP contribution in [-0.4, -0.2) is 60.3 Å². The predicted octanol–water partition coefficient (Wildman–Crippen LogP) is 4.55. The van der Waals surface area contributed by atoms with Gasteiger partial charge in [-0.2, -0.15) is 0 Å². The zero-order valence-electron chi connectivity index (χ0n) is 21.6. The fourth-order valence-electron chi connectivity index (χ4n) is 4.88. The summed E-state index contributed by atoms with van der Waals surface area (Å²) in [5.74, 6) is 3.02. The van der Waals surface area contributed by atoms with Gasteiger partial charge >= 0.3 is 0 Å². The Morgan fingerprint density at radius 1 is 1.19 bits per heavy atom. The van der Waals surface area contributed by atoms with Crippen molar-refractivity contribution in [1.29, 1.82) is 0 Å². The maximum atomic E-state index is 10.0. The Labute approximate surface area is 217 Å². The maximum Gasteiger partial charge on any atom is 0.161 e. The van der Waals surface area contributed by atoms with E-state index >= 15 is 0 Å². The number of hydrogen-bond donors (Lipinski definition) is 2. The number of aliphatic hydroxyl groups excluding tert-OH is 1. The van der Waals surface area contributed by atoms with Crippen molar-refractivity contribution in [3.63, 3.8) is 0 Å². The Kier molecular flexibility index (Phi) is 8.62. The molecule has 1 aliphatic rings. The summed E-state index contributed by atoms with van der Waals surface area (Å²) in [6.07, 6.45) is 2.51. The van der Waals surface area contributed by atoms with Crippen LogP contribution in [0.2, 0.25) is 5.02 Å². The molecular formula is C27H35ClN4O4. The number of likely N-dealkylation sites (N-methyl/N-ethyl adjacent to an activating group) is 1. The van der Waals surface area contributed by atoms with E-state index in [-0.39, 0.29) is 6.61 Å². The zero-order valence-corrected chi connectivity index (χ0v) is 22.4. The molecule has 3 aromatic rings. The number of halogens is 1. The van der Waals surface area contributed by atoms with Crippen molar-refractivity contribution < 1.29 is 19.1 Å². The molecule has 36 heavy (non-hydrogen) atoms. The molecular weight excluding hydrogens is 480 g/mol. The number of methoxy groups -OCH3 is 1. The first-order chi connectivity index (χ1) is 17.3. The van der Waals surface area contributed by atoms with Crippen molar-refractivity contribution in [3.8, 4) is 28.4 Å². The molecule has 1 atom stereocenters. The van der Waals surface area contributed by atoms with Gasteiger partial charge in [0, 0.05) is 31.5 Å². The molecule has 0 radical (unpaired) electrons. The highest BCUT2D eigenvalue weighted by atomic mass is 35.5. The molecule has 2 N–H and O–H groups in total. The molecule has 0 saturated heterocycles. The molecule has 0 amide bonds. The molecule has 8 nitrogen and oxygen atoms in total. The van der Waals surface area contributed by atoms with Gasteiger partial charge in [-0.15, -0.1) is 0 Å². The van der Waals surface area contributed by atoms with E-state index in [0.29, 0.717) is 40.5 Å². The van der Waals surface area contributed by atoms with E-state index in [1.54, 1.807) is 26.3 Å². The Morgan fingerprint density at radius 2 is 1.97 bits per heavy atom. The molecule has 1 aromatic carbocycles. The Morgan fingerprint density at radius 3 is 2.64 bits per heavy atom. The average Bonchev–Trinajstić information content (AvgIpc) is 3.16. The Bertz CT molecular complexity index is 1170. The number of benzene rings is 1. The maximum absolute atomic E-state index is 10.0. The zero-order chi connectivity index (χ0) is 25.8. The van der Waals surface area contributed by atoms with Crippen LogP contribution < -0.4 is 10.1 Å². The third-order valence-electron chi connectivity index (χ3n) is 6.80. The minimum absolute atomic E-state index is 0.163. The highest BCUT2D eigenvalue weighted by molar-refractivity contribution is 6.33. The lowest BCUT2D eigenvalue weighted by Crippen LogP contribution is -2.29. The second kappa shape index (κ2) is 11.7. The second-order valence-corrected chi connectivity index (χ2v) is 10.1. The van der Waals surface area contributed by atoms with Crippen molar-refractivity contribution in [2.45, 2.75) is 46.1 Å². The quantitative estimate of drug-likeness (QED) is 0.384. The predicted molar refractivity (Wildman–Crippen MR) is 139 cm³/mol. The first-order valence-corrected chi connectivity index (χ1v) is 12.7. The Hall–Kier alpha value is -2.52. The van der Waals surface area contributed by atoms with Crippen LogP contribution in [0.5, 0.6) is 5.75 Å². The summed E-state index contributed by atoms with van der Waals surface area (Å²) in [4.78, 5) is 9.96. The van der Waals surface area contributed by atoms with E-state index in [4.69, 9.17) is 35.6 Å². The topological polar surface area (TPSA) is 103 Å². The average molecular weight is 515 g/mol. The highest BCUT2D eigenvalue weighted by Gasteiger charge is 2.31. The van der Waals surface area contributed by atoms with Gasteiger partial charge in [-0.3, -0.25) is 0 Å². The smallest absolute Gasteiger partial charge is 0.161 e. The number of aryl methyl sites for hydroxylation is 2. The normalized spacial score (nSPS) is 18.2. The summed E-state index contributed by atoms with van der Waals surface area (Å²) in [6, 6.07) is 5.39. The van der Waals surface area contributed by atoms with E-state index in [2.05, 4.69) is 17.4 Å². The van der Waals surface area contributed by atoms with Crippen LogP contribution >= 0.6 is 11.6 Å². The lowest BCUT2D eigenvalue weighted by Gasteiger charge is -2.35. The van der Waals surface area contributed by atoms with Crippen LogP contribution in [0, 0.1) is 32.6 Å². The van der Waals surface area contributed by atoms with E-state index in [9.17, 15) is 5.11 Å². The molecule has 1 fully saturated rings. The number of nitrogens with one attached hydrogen (secondary N) is 1. The molecule has 0 unspecified atom stereocenters. The number of aliphatic hydroxyl groups is 1. The SMILES string of the molecule is CNC[C@@H](O)COc1ccc(Cl)c(-c2nc(CC3CC(COC)C3)c(C)c(-c3c(C)noc3C)n2)c1. The van der Waals surface area contributed by atoms with Crippen molar-refractivity contribution in [2.75, 3.05) is 33.9 Å². The summed E-state index contributed by atoms with van der Waals surface area (Å²) in [7, 11) is 3.54. The van der Waals surface area contributed by atoms with E-state index in [0.717, 1.165) is 59.8 Å². The molecule has 4 rings (SSSR count). The monoisotopic (exact) mass is 514 g/mol. The fraction of sp³-hybridized carbons (Fsp3) is 0.519.